The topological polar surface area (TPSA) is 19.4 Å². The summed E-state index contributed by atoms with van der Waals surface area (Å²) in [5.41, 5.74) is 2.01. The van der Waals surface area contributed by atoms with Crippen LogP contribution in [-0.4, -0.2) is 28.5 Å². The molecule has 0 saturated heterocycles. The number of benzene rings is 1. The molecule has 1 aliphatic heterocycles. The fourth-order valence-electron chi connectivity index (χ4n) is 2.22. The molecule has 0 spiro atoms. The minimum absolute atomic E-state index is 0. The van der Waals surface area contributed by atoms with E-state index in [1.807, 2.05) is 67.1 Å². The van der Waals surface area contributed by atoms with Crippen molar-refractivity contribution in [1.29, 1.82) is 0 Å². The third-order valence-corrected chi connectivity index (χ3v) is 4.24. The summed E-state index contributed by atoms with van der Waals surface area (Å²) >= 11 is 1.70. The molecular formula is C21H19IrN3S-2. The van der Waals surface area contributed by atoms with Gasteiger partial charge in [0, 0.05) is 45.7 Å². The van der Waals surface area contributed by atoms with E-state index in [0.717, 1.165) is 17.9 Å². The van der Waals surface area contributed by atoms with Crippen molar-refractivity contribution in [2.45, 2.75) is 0 Å². The van der Waals surface area contributed by atoms with Gasteiger partial charge in [0.2, 0.25) is 0 Å². The van der Waals surface area contributed by atoms with Crippen molar-refractivity contribution in [1.82, 2.24) is 14.8 Å². The Labute approximate surface area is 172 Å². The number of aromatic nitrogens is 1. The number of pyridine rings is 1. The molecule has 0 saturated carbocycles. The van der Waals surface area contributed by atoms with Gasteiger partial charge in [-0.1, -0.05) is 18.3 Å². The predicted octanol–water partition coefficient (Wildman–Crippen LogP) is 4.64. The summed E-state index contributed by atoms with van der Waals surface area (Å²) in [6.45, 7) is 0.915. The summed E-state index contributed by atoms with van der Waals surface area (Å²) < 4.78 is 0. The van der Waals surface area contributed by atoms with Gasteiger partial charge in [-0.25, -0.2) is 6.08 Å². The summed E-state index contributed by atoms with van der Waals surface area (Å²) in [6, 6.07) is 20.9. The van der Waals surface area contributed by atoms with E-state index in [1.54, 1.807) is 17.5 Å². The van der Waals surface area contributed by atoms with Crippen LogP contribution in [0.15, 0.2) is 84.8 Å². The molecule has 3 heterocycles. The van der Waals surface area contributed by atoms with Gasteiger partial charge in [-0.3, -0.25) is 0 Å². The molecule has 0 atom stereocenters. The number of thiophene rings is 1. The van der Waals surface area contributed by atoms with Gasteiger partial charge >= 0.3 is 0 Å². The van der Waals surface area contributed by atoms with Gasteiger partial charge in [0.05, 0.1) is 6.67 Å². The van der Waals surface area contributed by atoms with Crippen LogP contribution < -0.4 is 0 Å². The summed E-state index contributed by atoms with van der Waals surface area (Å²) in [7, 11) is 2.05. The molecule has 3 nitrogen and oxygen atoms in total. The Kier molecular flexibility index (Phi) is 8.29. The second-order valence-corrected chi connectivity index (χ2v) is 6.40. The van der Waals surface area contributed by atoms with Crippen molar-refractivity contribution >= 4 is 11.3 Å². The smallest absolute Gasteiger partial charge is 0.0915 e. The van der Waals surface area contributed by atoms with Crippen LogP contribution >= 0.6 is 11.3 Å². The number of nitrogens with zero attached hydrogens (tertiary/aromatic N) is 3. The molecule has 135 valence electrons. The van der Waals surface area contributed by atoms with Crippen LogP contribution in [0.2, 0.25) is 0 Å². The van der Waals surface area contributed by atoms with E-state index in [1.165, 1.54) is 4.88 Å². The molecule has 0 N–H and O–H groups in total. The normalized spacial score (nSPS) is 12.7. The van der Waals surface area contributed by atoms with E-state index >= 15 is 0 Å². The molecule has 3 aromatic rings. The van der Waals surface area contributed by atoms with Crippen LogP contribution in [0.5, 0.6) is 0 Å². The molecule has 0 aliphatic carbocycles. The Hall–Kier alpha value is -2.20. The average molecular weight is 538 g/mol. The van der Waals surface area contributed by atoms with E-state index in [4.69, 9.17) is 0 Å². The van der Waals surface area contributed by atoms with Gasteiger partial charge in [0.15, 0.2) is 0 Å². The first kappa shape index (κ1) is 20.1. The van der Waals surface area contributed by atoms with Crippen molar-refractivity contribution in [2.75, 3.05) is 13.7 Å². The third-order valence-electron chi connectivity index (χ3n) is 3.44. The van der Waals surface area contributed by atoms with Crippen LogP contribution in [-0.2, 0) is 20.1 Å². The summed E-state index contributed by atoms with van der Waals surface area (Å²) in [5, 5.41) is 2.06. The SMILES string of the molecule is CN1C=CN(C=[C-]c2cccs2)C1.[Ir].[c-]1ccccc1-c1ccccn1. The molecule has 2 aromatic heterocycles. The second kappa shape index (κ2) is 10.7. The Bertz CT molecular complexity index is 764. The molecule has 0 fully saturated rings. The zero-order valence-electron chi connectivity index (χ0n) is 14.4. The molecule has 1 aliphatic rings. The van der Waals surface area contributed by atoms with Crippen LogP contribution in [0.1, 0.15) is 4.88 Å². The number of hydrogen-bond acceptors (Lipinski definition) is 4. The summed E-state index contributed by atoms with van der Waals surface area (Å²) in [5.74, 6) is 0. The van der Waals surface area contributed by atoms with E-state index in [2.05, 4.69) is 45.4 Å². The molecular weight excluding hydrogens is 519 g/mol. The molecule has 1 aromatic carbocycles. The monoisotopic (exact) mass is 538 g/mol. The third kappa shape index (κ3) is 6.26. The first-order valence-corrected chi connectivity index (χ1v) is 8.85. The van der Waals surface area contributed by atoms with Crippen LogP contribution in [0.4, 0.5) is 0 Å². The van der Waals surface area contributed by atoms with E-state index in [0.29, 0.717) is 0 Å². The fourth-order valence-corrected chi connectivity index (χ4v) is 2.80. The molecule has 5 heteroatoms. The van der Waals surface area contributed by atoms with Gasteiger partial charge in [0.1, 0.15) is 0 Å². The van der Waals surface area contributed by atoms with Crippen molar-refractivity contribution < 1.29 is 20.1 Å². The van der Waals surface area contributed by atoms with Crippen LogP contribution in [0, 0.1) is 12.1 Å². The Morgan fingerprint density at radius 3 is 2.62 bits per heavy atom. The van der Waals surface area contributed by atoms with Crippen LogP contribution in [0.3, 0.4) is 0 Å². The largest absolute Gasteiger partial charge is 0.361 e. The van der Waals surface area contributed by atoms with Crippen molar-refractivity contribution in [3.05, 3.63) is 102 Å². The molecule has 1 radical (unpaired) electrons. The van der Waals surface area contributed by atoms with Gasteiger partial charge in [-0.05, 0) is 17.1 Å². The number of hydrogen-bond donors (Lipinski definition) is 0. The van der Waals surface area contributed by atoms with Gasteiger partial charge < -0.3 is 14.8 Å². The zero-order chi connectivity index (χ0) is 17.3. The summed E-state index contributed by atoms with van der Waals surface area (Å²) in [6.07, 6.45) is 11.1. The van der Waals surface area contributed by atoms with E-state index < -0.39 is 0 Å². The minimum Gasteiger partial charge on any atom is -0.361 e. The van der Waals surface area contributed by atoms with Crippen molar-refractivity contribution in [3.63, 3.8) is 0 Å². The fraction of sp³-hybridized carbons (Fsp3) is 0.0952. The van der Waals surface area contributed by atoms with E-state index in [9.17, 15) is 0 Å². The van der Waals surface area contributed by atoms with Crippen molar-refractivity contribution in [3.8, 4) is 11.3 Å². The zero-order valence-corrected chi connectivity index (χ0v) is 17.6. The first-order chi connectivity index (χ1) is 12.3. The predicted molar refractivity (Wildman–Crippen MR) is 103 cm³/mol. The first-order valence-electron chi connectivity index (χ1n) is 7.97. The van der Waals surface area contributed by atoms with Gasteiger partial charge in [0.25, 0.3) is 0 Å². The van der Waals surface area contributed by atoms with Gasteiger partial charge in [-0.2, -0.15) is 17.4 Å². The summed E-state index contributed by atoms with van der Waals surface area (Å²) in [4.78, 5) is 9.60. The molecule has 0 unspecified atom stereocenters. The average Bonchev–Trinajstić information content (AvgIpc) is 3.34. The second-order valence-electron chi connectivity index (χ2n) is 5.45. The minimum atomic E-state index is 0. The van der Waals surface area contributed by atoms with E-state index in [-0.39, 0.29) is 20.1 Å². The Balaban J connectivity index is 0.000000180. The number of rotatable bonds is 3. The molecule has 26 heavy (non-hydrogen) atoms. The Morgan fingerprint density at radius 1 is 1.12 bits per heavy atom. The molecule has 4 rings (SSSR count). The standard InChI is InChI=1S/C11H8N.C10H11N2S.Ir/c1-2-6-10(7-3-1)11-8-4-5-9-12-11;1-11-6-7-12(9-11)5-4-10-3-2-8-13-10;/h1-6,8-9H;2-3,5-8H,9H2,1H3;/q2*-1;. The Morgan fingerprint density at radius 2 is 2.00 bits per heavy atom. The molecule has 0 bridgehead atoms. The van der Waals surface area contributed by atoms with Crippen LogP contribution in [0.25, 0.3) is 11.3 Å². The molecule has 0 amide bonds. The maximum atomic E-state index is 4.22. The van der Waals surface area contributed by atoms with Crippen molar-refractivity contribution in [2.24, 2.45) is 0 Å². The van der Waals surface area contributed by atoms with Gasteiger partial charge in [-0.15, -0.1) is 46.8 Å². The maximum Gasteiger partial charge on any atom is 0.0915 e. The maximum absolute atomic E-state index is 4.22. The quantitative estimate of drug-likeness (QED) is 0.454.